The van der Waals surface area contributed by atoms with Gasteiger partial charge in [-0.3, -0.25) is 0 Å². The minimum atomic E-state index is -0.345. The van der Waals surface area contributed by atoms with Gasteiger partial charge in [0, 0.05) is 0 Å². The SMILES string of the molecule is C=CCP(Cl)CC=C. The minimum Gasteiger partial charge on any atom is -0.103 e. The number of allylic oxidation sites excluding steroid dienone is 2. The predicted molar refractivity (Wildman–Crippen MR) is 42.9 cm³/mol. The second kappa shape index (κ2) is 5.34. The summed E-state index contributed by atoms with van der Waals surface area (Å²) >= 11 is 5.80. The molecular weight excluding hydrogens is 138 g/mol. The van der Waals surface area contributed by atoms with Crippen LogP contribution in [0.25, 0.3) is 0 Å². The van der Waals surface area contributed by atoms with Gasteiger partial charge in [0.15, 0.2) is 0 Å². The van der Waals surface area contributed by atoms with Crippen LogP contribution >= 0.6 is 18.5 Å². The third-order valence-corrected chi connectivity index (χ3v) is 2.79. The molecule has 0 bridgehead atoms. The molecule has 46 valence electrons. The molecule has 0 aromatic heterocycles. The molecule has 0 radical (unpaired) electrons. The first kappa shape index (κ1) is 8.20. The molecule has 0 aliphatic carbocycles. The Labute approximate surface area is 56.8 Å². The summed E-state index contributed by atoms with van der Waals surface area (Å²) in [7, 11) is -0.345. The van der Waals surface area contributed by atoms with Crippen LogP contribution in [0.5, 0.6) is 0 Å². The quantitative estimate of drug-likeness (QED) is 0.425. The molecule has 0 saturated carbocycles. The van der Waals surface area contributed by atoms with Crippen LogP contribution in [0.1, 0.15) is 0 Å². The van der Waals surface area contributed by atoms with Gasteiger partial charge in [0.25, 0.3) is 0 Å². The van der Waals surface area contributed by atoms with Crippen molar-refractivity contribution in [2.75, 3.05) is 12.3 Å². The van der Waals surface area contributed by atoms with E-state index in [2.05, 4.69) is 13.2 Å². The second-order valence-corrected chi connectivity index (χ2v) is 4.50. The smallest absolute Gasteiger partial charge is 0.000559 e. The fraction of sp³-hybridized carbons (Fsp3) is 0.333. The maximum atomic E-state index is 5.80. The lowest BCUT2D eigenvalue weighted by Gasteiger charge is -1.99. The van der Waals surface area contributed by atoms with Gasteiger partial charge in [-0.1, -0.05) is 23.4 Å². The van der Waals surface area contributed by atoms with Crippen molar-refractivity contribution in [2.24, 2.45) is 0 Å². The molecule has 0 rings (SSSR count). The molecule has 0 saturated heterocycles. The number of halogens is 1. The highest BCUT2D eigenvalue weighted by atomic mass is 35.7. The molecule has 0 aromatic carbocycles. The lowest BCUT2D eigenvalue weighted by Crippen LogP contribution is -1.73. The van der Waals surface area contributed by atoms with E-state index in [9.17, 15) is 0 Å². The van der Waals surface area contributed by atoms with E-state index < -0.39 is 0 Å². The lowest BCUT2D eigenvalue weighted by molar-refractivity contribution is 1.70. The lowest BCUT2D eigenvalue weighted by atomic mass is 10.8. The normalized spacial score (nSPS) is 9.25. The summed E-state index contributed by atoms with van der Waals surface area (Å²) in [6, 6.07) is 0. The fourth-order valence-corrected chi connectivity index (χ4v) is 1.65. The summed E-state index contributed by atoms with van der Waals surface area (Å²) in [5.41, 5.74) is 0. The molecule has 0 fully saturated rings. The Hall–Kier alpha value is 0.200. The Balaban J connectivity index is 3.16. The monoisotopic (exact) mass is 148 g/mol. The van der Waals surface area contributed by atoms with Gasteiger partial charge in [-0.25, -0.2) is 0 Å². The molecule has 0 unspecified atom stereocenters. The molecule has 0 atom stereocenters. The van der Waals surface area contributed by atoms with E-state index in [1.807, 2.05) is 12.2 Å². The molecule has 0 nitrogen and oxygen atoms in total. The van der Waals surface area contributed by atoms with Gasteiger partial charge >= 0.3 is 0 Å². The van der Waals surface area contributed by atoms with Crippen molar-refractivity contribution in [3.8, 4) is 0 Å². The molecule has 0 aromatic rings. The summed E-state index contributed by atoms with van der Waals surface area (Å²) in [5, 5.41) is 0. The maximum absolute atomic E-state index is 5.80. The van der Waals surface area contributed by atoms with Crippen LogP contribution in [0, 0.1) is 0 Å². The summed E-state index contributed by atoms with van der Waals surface area (Å²) in [6.07, 6.45) is 5.57. The van der Waals surface area contributed by atoms with Gasteiger partial charge in [0.1, 0.15) is 0 Å². The van der Waals surface area contributed by atoms with E-state index in [0.717, 1.165) is 12.3 Å². The van der Waals surface area contributed by atoms with Crippen LogP contribution in [0.15, 0.2) is 25.3 Å². The van der Waals surface area contributed by atoms with E-state index in [4.69, 9.17) is 11.2 Å². The molecular formula is C6H10ClP. The van der Waals surface area contributed by atoms with E-state index in [-0.39, 0.29) is 7.27 Å². The predicted octanol–water partition coefficient (Wildman–Crippen LogP) is 2.99. The van der Waals surface area contributed by atoms with Crippen LogP contribution in [0.3, 0.4) is 0 Å². The summed E-state index contributed by atoms with van der Waals surface area (Å²) < 4.78 is 0. The van der Waals surface area contributed by atoms with Crippen LogP contribution in [-0.2, 0) is 0 Å². The van der Waals surface area contributed by atoms with Crippen LogP contribution in [-0.4, -0.2) is 12.3 Å². The zero-order chi connectivity index (χ0) is 6.41. The first-order chi connectivity index (χ1) is 3.81. The summed E-state index contributed by atoms with van der Waals surface area (Å²) in [6.45, 7) is 7.16. The Bertz CT molecular complexity index is 70.6. The average Bonchev–Trinajstić information content (AvgIpc) is 1.68. The largest absolute Gasteiger partial charge is 0.103 e. The zero-order valence-corrected chi connectivity index (χ0v) is 6.46. The average molecular weight is 149 g/mol. The number of hydrogen-bond donors (Lipinski definition) is 0. The molecule has 0 aliphatic rings. The Kier molecular flexibility index (Phi) is 5.47. The molecule has 0 heterocycles. The van der Waals surface area contributed by atoms with E-state index in [1.54, 1.807) is 0 Å². The highest BCUT2D eigenvalue weighted by molar-refractivity contribution is 7.84. The van der Waals surface area contributed by atoms with Gasteiger partial charge in [0.05, 0.1) is 0 Å². The topological polar surface area (TPSA) is 0 Å². The van der Waals surface area contributed by atoms with Crippen LogP contribution in [0.4, 0.5) is 0 Å². The summed E-state index contributed by atoms with van der Waals surface area (Å²) in [5.74, 6) is 0. The van der Waals surface area contributed by atoms with Crippen molar-refractivity contribution >= 4 is 18.5 Å². The third kappa shape index (κ3) is 4.36. The van der Waals surface area contributed by atoms with Crippen LogP contribution < -0.4 is 0 Å². The van der Waals surface area contributed by atoms with E-state index >= 15 is 0 Å². The highest BCUT2D eigenvalue weighted by Gasteiger charge is 1.94. The van der Waals surface area contributed by atoms with Crippen molar-refractivity contribution in [1.29, 1.82) is 0 Å². The summed E-state index contributed by atoms with van der Waals surface area (Å²) in [4.78, 5) is 0. The van der Waals surface area contributed by atoms with Crippen molar-refractivity contribution in [3.05, 3.63) is 25.3 Å². The van der Waals surface area contributed by atoms with Gasteiger partial charge in [-0.15, -0.1) is 13.2 Å². The minimum absolute atomic E-state index is 0.345. The van der Waals surface area contributed by atoms with Gasteiger partial charge in [-0.2, -0.15) is 0 Å². The van der Waals surface area contributed by atoms with Gasteiger partial charge in [-0.05, 0) is 19.6 Å². The molecule has 0 N–H and O–H groups in total. The number of rotatable bonds is 4. The first-order valence-electron chi connectivity index (χ1n) is 2.43. The fourth-order valence-electron chi connectivity index (χ4n) is 0.355. The first-order valence-corrected chi connectivity index (χ1v) is 5.05. The van der Waals surface area contributed by atoms with E-state index in [0.29, 0.717) is 0 Å². The second-order valence-electron chi connectivity index (χ2n) is 1.41. The van der Waals surface area contributed by atoms with Gasteiger partial charge in [0.2, 0.25) is 0 Å². The van der Waals surface area contributed by atoms with Gasteiger partial charge < -0.3 is 0 Å². The number of hydrogen-bond acceptors (Lipinski definition) is 0. The Morgan fingerprint density at radius 2 is 1.62 bits per heavy atom. The van der Waals surface area contributed by atoms with Crippen molar-refractivity contribution in [1.82, 2.24) is 0 Å². The maximum Gasteiger partial charge on any atom is -0.000559 e. The highest BCUT2D eigenvalue weighted by Crippen LogP contribution is 2.40. The molecule has 0 aliphatic heterocycles. The van der Waals surface area contributed by atoms with Crippen LogP contribution in [0.2, 0.25) is 0 Å². The molecule has 0 amide bonds. The molecule has 8 heavy (non-hydrogen) atoms. The van der Waals surface area contributed by atoms with E-state index in [1.165, 1.54) is 0 Å². The van der Waals surface area contributed by atoms with Crippen molar-refractivity contribution < 1.29 is 0 Å². The third-order valence-electron chi connectivity index (χ3n) is 0.654. The Morgan fingerprint density at radius 3 is 1.88 bits per heavy atom. The zero-order valence-electron chi connectivity index (χ0n) is 4.81. The molecule has 0 spiro atoms. The van der Waals surface area contributed by atoms with Crippen molar-refractivity contribution in [3.63, 3.8) is 0 Å². The standard InChI is InChI=1S/C6H10ClP/c1-3-5-8(7)6-4-2/h3-4H,1-2,5-6H2. The van der Waals surface area contributed by atoms with Crippen molar-refractivity contribution in [2.45, 2.75) is 0 Å². The Morgan fingerprint density at radius 1 is 1.25 bits per heavy atom. The molecule has 2 heteroatoms.